The number of nitriles is 1. The monoisotopic (exact) mass is 552 g/mol. The van der Waals surface area contributed by atoms with E-state index in [4.69, 9.17) is 5.26 Å². The largest absolute Gasteiger partial charge is 0.416 e. The van der Waals surface area contributed by atoms with Gasteiger partial charge in [0, 0.05) is 25.1 Å². The summed E-state index contributed by atoms with van der Waals surface area (Å²) in [6, 6.07) is 9.47. The van der Waals surface area contributed by atoms with Crippen LogP contribution in [0.5, 0.6) is 0 Å². The topological polar surface area (TPSA) is 111 Å². The third kappa shape index (κ3) is 5.51. The van der Waals surface area contributed by atoms with Crippen LogP contribution in [0, 0.1) is 17.2 Å². The number of carbonyl (C=O) groups is 2. The van der Waals surface area contributed by atoms with E-state index in [1.165, 1.54) is 37.3 Å². The Morgan fingerprint density at radius 2 is 1.79 bits per heavy atom. The summed E-state index contributed by atoms with van der Waals surface area (Å²) in [5.41, 5.74) is -0.765. The summed E-state index contributed by atoms with van der Waals surface area (Å²) in [7, 11) is -3.95. The molecule has 2 saturated heterocycles. The van der Waals surface area contributed by atoms with Crippen molar-refractivity contribution in [3.8, 4) is 6.07 Å². The molecule has 1 N–H and O–H groups in total. The molecule has 202 valence electrons. The van der Waals surface area contributed by atoms with E-state index in [-0.39, 0.29) is 35.5 Å². The highest BCUT2D eigenvalue weighted by Crippen LogP contribution is 2.31. The van der Waals surface area contributed by atoms with E-state index in [0.29, 0.717) is 0 Å². The fourth-order valence-corrected chi connectivity index (χ4v) is 6.03. The lowest BCUT2D eigenvalue weighted by atomic mass is 10.0. The molecule has 0 saturated carbocycles. The molecule has 0 spiro atoms. The summed E-state index contributed by atoms with van der Waals surface area (Å²) < 4.78 is 80.3. The number of carbonyl (C=O) groups excluding carboxylic acids is 2. The van der Waals surface area contributed by atoms with Crippen molar-refractivity contribution in [3.63, 3.8) is 0 Å². The number of nitrogens with one attached hydrogen (secondary N) is 1. The first kappa shape index (κ1) is 27.5. The van der Waals surface area contributed by atoms with Crippen molar-refractivity contribution in [1.82, 2.24) is 14.5 Å². The number of halogens is 4. The van der Waals surface area contributed by atoms with Crippen molar-refractivity contribution in [3.05, 3.63) is 65.2 Å². The zero-order valence-electron chi connectivity index (χ0n) is 20.2. The second kappa shape index (κ2) is 10.3. The first-order valence-electron chi connectivity index (χ1n) is 11.7. The molecule has 13 heteroatoms. The molecular formula is C25H24F4N4O4S. The highest BCUT2D eigenvalue weighted by molar-refractivity contribution is 7.89. The molecule has 0 unspecified atom stereocenters. The number of alkyl halides is 4. The summed E-state index contributed by atoms with van der Waals surface area (Å²) in [6.07, 6.45) is -6.39. The summed E-state index contributed by atoms with van der Waals surface area (Å²) in [5.74, 6) is -1.90. The number of nitrogens with zero attached hydrogens (tertiary/aromatic N) is 3. The van der Waals surface area contributed by atoms with Crippen LogP contribution in [0.4, 0.5) is 17.6 Å². The van der Waals surface area contributed by atoms with Gasteiger partial charge in [-0.25, -0.2) is 12.8 Å². The average molecular weight is 553 g/mol. The molecule has 3 atom stereocenters. The molecule has 2 fully saturated rings. The number of hydrogen-bond donors (Lipinski definition) is 1. The standard InChI is InChI=1S/C25H24F4N4O4S/c1-15(17-4-2-6-19(8-17)25(27,28)29)31-23(34)22-10-20(26)14-33(22)24(35)18-5-3-7-21(9-18)38(36,37)32-12-16(11-30)13-32/h2-9,15-16,20,22H,10,12-14H2,1H3,(H,31,34)/t15-,20+,22-/m1/s1. The molecule has 4 rings (SSSR count). The predicted molar refractivity (Wildman–Crippen MR) is 127 cm³/mol. The lowest BCUT2D eigenvalue weighted by Gasteiger charge is -2.34. The lowest BCUT2D eigenvalue weighted by Crippen LogP contribution is -2.49. The lowest BCUT2D eigenvalue weighted by molar-refractivity contribution is -0.137. The summed E-state index contributed by atoms with van der Waals surface area (Å²) in [6.45, 7) is 1.15. The van der Waals surface area contributed by atoms with E-state index in [2.05, 4.69) is 5.32 Å². The zero-order chi connectivity index (χ0) is 27.8. The summed E-state index contributed by atoms with van der Waals surface area (Å²) in [4.78, 5) is 27.1. The van der Waals surface area contributed by atoms with E-state index in [0.717, 1.165) is 27.4 Å². The number of amides is 2. The number of rotatable bonds is 6. The molecule has 0 aliphatic carbocycles. The van der Waals surface area contributed by atoms with Gasteiger partial charge >= 0.3 is 6.18 Å². The fourth-order valence-electron chi connectivity index (χ4n) is 4.46. The van der Waals surface area contributed by atoms with Crippen LogP contribution in [0.25, 0.3) is 0 Å². The van der Waals surface area contributed by atoms with Crippen molar-refractivity contribution >= 4 is 21.8 Å². The molecular weight excluding hydrogens is 528 g/mol. The summed E-state index contributed by atoms with van der Waals surface area (Å²) in [5, 5.41) is 11.5. The van der Waals surface area contributed by atoms with Gasteiger partial charge in [-0.2, -0.15) is 22.7 Å². The van der Waals surface area contributed by atoms with Crippen LogP contribution in [0.15, 0.2) is 53.4 Å². The van der Waals surface area contributed by atoms with Crippen molar-refractivity contribution in [2.24, 2.45) is 5.92 Å². The minimum absolute atomic E-state index is 0.0406. The van der Waals surface area contributed by atoms with Gasteiger partial charge in [-0.1, -0.05) is 18.2 Å². The van der Waals surface area contributed by atoms with Crippen LogP contribution >= 0.6 is 0 Å². The molecule has 0 bridgehead atoms. The molecule has 2 heterocycles. The third-order valence-corrected chi connectivity index (χ3v) is 8.46. The van der Waals surface area contributed by atoms with E-state index >= 15 is 0 Å². The van der Waals surface area contributed by atoms with Gasteiger partial charge in [-0.05, 0) is 42.8 Å². The van der Waals surface area contributed by atoms with Gasteiger partial charge in [0.25, 0.3) is 5.91 Å². The SMILES string of the molecule is C[C@@H](NC(=O)[C@H]1C[C@H](F)CN1C(=O)c1cccc(S(=O)(=O)N2CC(C#N)C2)c1)c1cccc(C(F)(F)F)c1. The normalized spacial score (nSPS) is 21.4. The van der Waals surface area contributed by atoms with Crippen LogP contribution in [-0.2, 0) is 21.0 Å². The van der Waals surface area contributed by atoms with Gasteiger partial charge in [-0.15, -0.1) is 0 Å². The maximum Gasteiger partial charge on any atom is 0.416 e. The molecule has 2 aromatic rings. The Morgan fingerprint density at radius 3 is 2.45 bits per heavy atom. The molecule has 2 aliphatic heterocycles. The highest BCUT2D eigenvalue weighted by Gasteiger charge is 2.41. The number of sulfonamides is 1. The zero-order valence-corrected chi connectivity index (χ0v) is 21.0. The van der Waals surface area contributed by atoms with Crippen molar-refractivity contribution in [2.45, 2.75) is 42.7 Å². The van der Waals surface area contributed by atoms with Crippen molar-refractivity contribution in [2.75, 3.05) is 19.6 Å². The van der Waals surface area contributed by atoms with E-state index in [1.54, 1.807) is 0 Å². The minimum Gasteiger partial charge on any atom is -0.348 e. The summed E-state index contributed by atoms with van der Waals surface area (Å²) >= 11 is 0. The van der Waals surface area contributed by atoms with Crippen molar-refractivity contribution in [1.29, 1.82) is 5.26 Å². The number of benzene rings is 2. The van der Waals surface area contributed by atoms with Gasteiger partial charge in [0.15, 0.2) is 0 Å². The van der Waals surface area contributed by atoms with Gasteiger partial charge in [-0.3, -0.25) is 9.59 Å². The second-order valence-corrected chi connectivity index (χ2v) is 11.3. The van der Waals surface area contributed by atoms with Crippen LogP contribution in [0.3, 0.4) is 0 Å². The Labute approximate surface area is 216 Å². The van der Waals surface area contributed by atoms with Crippen molar-refractivity contribution < 1.29 is 35.6 Å². The Balaban J connectivity index is 1.50. The van der Waals surface area contributed by atoms with Crippen LogP contribution in [0.2, 0.25) is 0 Å². The van der Waals surface area contributed by atoms with Crippen LogP contribution in [-0.4, -0.2) is 61.3 Å². The average Bonchev–Trinajstić information content (AvgIpc) is 3.24. The van der Waals surface area contributed by atoms with Gasteiger partial charge in [0.2, 0.25) is 15.9 Å². The number of likely N-dealkylation sites (tertiary alicyclic amines) is 1. The van der Waals surface area contributed by atoms with E-state index in [1.807, 2.05) is 6.07 Å². The first-order chi connectivity index (χ1) is 17.8. The second-order valence-electron chi connectivity index (χ2n) is 9.34. The molecule has 2 aromatic carbocycles. The van der Waals surface area contributed by atoms with E-state index < -0.39 is 64.3 Å². The molecule has 0 radical (unpaired) electrons. The van der Waals surface area contributed by atoms with Crippen LogP contribution < -0.4 is 5.32 Å². The van der Waals surface area contributed by atoms with Gasteiger partial charge in [0.1, 0.15) is 12.2 Å². The quantitative estimate of drug-likeness (QED) is 0.553. The third-order valence-electron chi connectivity index (χ3n) is 6.64. The van der Waals surface area contributed by atoms with Gasteiger partial charge in [0.05, 0.1) is 35.0 Å². The smallest absolute Gasteiger partial charge is 0.348 e. The maximum atomic E-state index is 14.4. The Morgan fingerprint density at radius 1 is 1.11 bits per heavy atom. The van der Waals surface area contributed by atoms with Crippen LogP contribution in [0.1, 0.15) is 40.9 Å². The fraction of sp³-hybridized carbons (Fsp3) is 0.400. The maximum absolute atomic E-state index is 14.4. The minimum atomic E-state index is -4.56. The molecule has 38 heavy (non-hydrogen) atoms. The Bertz CT molecular complexity index is 1390. The van der Waals surface area contributed by atoms with Gasteiger partial charge < -0.3 is 10.2 Å². The molecule has 2 aliphatic rings. The first-order valence-corrected chi connectivity index (χ1v) is 13.2. The molecule has 2 amide bonds. The Kier molecular flexibility index (Phi) is 7.49. The predicted octanol–water partition coefficient (Wildman–Crippen LogP) is 3.28. The molecule has 8 nitrogen and oxygen atoms in total. The molecule has 0 aromatic heterocycles. The number of hydrogen-bond acceptors (Lipinski definition) is 5. The highest BCUT2D eigenvalue weighted by atomic mass is 32.2. The Hall–Kier alpha value is -3.50. The van der Waals surface area contributed by atoms with E-state index in [9.17, 15) is 35.6 Å².